The molecule has 1 aromatic heterocycles. The predicted octanol–water partition coefficient (Wildman–Crippen LogP) is 3.98. The molecule has 6 nitrogen and oxygen atoms in total. The van der Waals surface area contributed by atoms with Crippen molar-refractivity contribution < 1.29 is 14.3 Å². The summed E-state index contributed by atoms with van der Waals surface area (Å²) in [7, 11) is 1.91. The summed E-state index contributed by atoms with van der Waals surface area (Å²) < 4.78 is 5.86. The number of pyridine rings is 1. The molecule has 3 fully saturated rings. The van der Waals surface area contributed by atoms with Gasteiger partial charge in [0.05, 0.1) is 35.4 Å². The number of carbonyl (C=O) groups excluding carboxylic acids is 2. The number of ether oxygens (including phenoxy) is 1. The molecule has 0 unspecified atom stereocenters. The van der Waals surface area contributed by atoms with Crippen LogP contribution in [-0.4, -0.2) is 58.9 Å². The molecule has 2 saturated carbocycles. The number of amides is 2. The molecule has 1 saturated heterocycles. The fourth-order valence-corrected chi connectivity index (χ4v) is 5.72. The smallest absolute Gasteiger partial charge is 0.255 e. The van der Waals surface area contributed by atoms with Crippen LogP contribution >= 0.6 is 0 Å². The molecule has 0 N–H and O–H groups in total. The predicted molar refractivity (Wildman–Crippen MR) is 124 cm³/mol. The Hall–Kier alpha value is -3.25. The van der Waals surface area contributed by atoms with Gasteiger partial charge in [-0.1, -0.05) is 24.3 Å². The maximum absolute atomic E-state index is 13.2. The Morgan fingerprint density at radius 1 is 1.06 bits per heavy atom. The van der Waals surface area contributed by atoms with Crippen LogP contribution in [0.5, 0.6) is 0 Å². The topological polar surface area (TPSA) is 62.7 Å². The van der Waals surface area contributed by atoms with E-state index in [4.69, 9.17) is 9.72 Å². The van der Waals surface area contributed by atoms with Crippen LogP contribution in [0.15, 0.2) is 48.7 Å². The van der Waals surface area contributed by atoms with Crippen molar-refractivity contribution in [3.8, 4) is 11.1 Å². The number of hydrogen-bond donors (Lipinski definition) is 0. The second-order valence-corrected chi connectivity index (χ2v) is 10.0. The lowest BCUT2D eigenvalue weighted by molar-refractivity contribution is -0.0376. The molecular formula is C27H25N3O3. The van der Waals surface area contributed by atoms with E-state index >= 15 is 0 Å². The van der Waals surface area contributed by atoms with Crippen molar-refractivity contribution in [3.05, 3.63) is 65.4 Å². The van der Waals surface area contributed by atoms with E-state index in [-0.39, 0.29) is 23.0 Å². The van der Waals surface area contributed by atoms with Gasteiger partial charge in [-0.2, -0.15) is 0 Å². The van der Waals surface area contributed by atoms with Gasteiger partial charge in [0.2, 0.25) is 0 Å². The average Bonchev–Trinajstić information content (AvgIpc) is 3.78. The fourth-order valence-electron chi connectivity index (χ4n) is 5.72. The highest BCUT2D eigenvalue weighted by atomic mass is 16.5. The summed E-state index contributed by atoms with van der Waals surface area (Å²) in [5, 5.41) is 0.947. The molecule has 4 aliphatic rings. The van der Waals surface area contributed by atoms with Crippen LogP contribution in [0.4, 0.5) is 0 Å². The van der Waals surface area contributed by atoms with E-state index in [0.717, 1.165) is 58.8 Å². The highest BCUT2D eigenvalue weighted by Crippen LogP contribution is 2.56. The summed E-state index contributed by atoms with van der Waals surface area (Å²) in [6.07, 6.45) is 5.83. The number of rotatable bonds is 2. The van der Waals surface area contributed by atoms with Gasteiger partial charge < -0.3 is 14.5 Å². The molecule has 6 heteroatoms. The lowest BCUT2D eigenvalue weighted by atomic mass is 9.95. The van der Waals surface area contributed by atoms with Gasteiger partial charge in [0, 0.05) is 36.3 Å². The molecule has 2 amide bonds. The molecule has 2 aliphatic heterocycles. The SMILES string of the molecule is CN1C(=O)c2ccc(-c3cccc4cc(C(=O)N5CCOC6(CC6)C5)cnc34)cc2C12CC2. The third-order valence-corrected chi connectivity index (χ3v) is 8.03. The molecule has 0 radical (unpaired) electrons. The number of nitrogens with zero attached hydrogens (tertiary/aromatic N) is 3. The van der Waals surface area contributed by atoms with Crippen molar-refractivity contribution in [3.63, 3.8) is 0 Å². The highest BCUT2D eigenvalue weighted by molar-refractivity contribution is 6.03. The first-order valence-electron chi connectivity index (χ1n) is 11.7. The number of carbonyl (C=O) groups is 2. The van der Waals surface area contributed by atoms with Crippen LogP contribution in [0.25, 0.3) is 22.0 Å². The van der Waals surface area contributed by atoms with Crippen LogP contribution in [0.2, 0.25) is 0 Å². The molecule has 166 valence electrons. The van der Waals surface area contributed by atoms with Gasteiger partial charge in [0.25, 0.3) is 11.8 Å². The van der Waals surface area contributed by atoms with E-state index in [2.05, 4.69) is 12.1 Å². The van der Waals surface area contributed by atoms with Crippen LogP contribution in [0, 0.1) is 0 Å². The van der Waals surface area contributed by atoms with Gasteiger partial charge in [-0.15, -0.1) is 0 Å². The molecule has 3 aromatic rings. The lowest BCUT2D eigenvalue weighted by Crippen LogP contribution is -2.46. The van der Waals surface area contributed by atoms with Gasteiger partial charge in [-0.05, 0) is 55.0 Å². The van der Waals surface area contributed by atoms with Crippen molar-refractivity contribution in [2.24, 2.45) is 0 Å². The normalized spacial score (nSPS) is 21.7. The minimum absolute atomic E-state index is 0.0270. The summed E-state index contributed by atoms with van der Waals surface area (Å²) in [6.45, 7) is 1.91. The summed E-state index contributed by atoms with van der Waals surface area (Å²) in [6, 6.07) is 14.2. The maximum Gasteiger partial charge on any atom is 0.255 e. The third-order valence-electron chi connectivity index (χ3n) is 8.03. The Bertz CT molecular complexity index is 1360. The first kappa shape index (κ1) is 19.2. The molecule has 0 atom stereocenters. The van der Waals surface area contributed by atoms with Crippen molar-refractivity contribution in [2.75, 3.05) is 26.7 Å². The maximum atomic E-state index is 13.2. The van der Waals surface area contributed by atoms with Gasteiger partial charge >= 0.3 is 0 Å². The largest absolute Gasteiger partial charge is 0.371 e. The number of aromatic nitrogens is 1. The summed E-state index contributed by atoms with van der Waals surface area (Å²) in [5.41, 5.74) is 5.33. The van der Waals surface area contributed by atoms with Crippen molar-refractivity contribution in [1.82, 2.24) is 14.8 Å². The Morgan fingerprint density at radius 3 is 2.70 bits per heavy atom. The van der Waals surface area contributed by atoms with E-state index < -0.39 is 0 Å². The van der Waals surface area contributed by atoms with Crippen molar-refractivity contribution in [1.29, 1.82) is 0 Å². The molecule has 2 spiro atoms. The highest BCUT2D eigenvalue weighted by Gasteiger charge is 2.56. The number of para-hydroxylation sites is 1. The average molecular weight is 440 g/mol. The van der Waals surface area contributed by atoms with Crippen LogP contribution in [0.3, 0.4) is 0 Å². The van der Waals surface area contributed by atoms with Gasteiger partial charge in [0.15, 0.2) is 0 Å². The molecule has 7 rings (SSSR count). The van der Waals surface area contributed by atoms with Crippen molar-refractivity contribution >= 4 is 22.7 Å². The van der Waals surface area contributed by atoms with E-state index in [1.165, 1.54) is 0 Å². The Morgan fingerprint density at radius 2 is 1.91 bits per heavy atom. The molecule has 2 aliphatic carbocycles. The van der Waals surface area contributed by atoms with Gasteiger partial charge in [-0.3, -0.25) is 14.6 Å². The first-order valence-corrected chi connectivity index (χ1v) is 11.7. The van der Waals surface area contributed by atoms with E-state index in [0.29, 0.717) is 25.3 Å². The Kier molecular flexibility index (Phi) is 3.74. The zero-order valence-corrected chi connectivity index (χ0v) is 18.6. The zero-order chi connectivity index (χ0) is 22.4. The Balaban J connectivity index is 1.25. The van der Waals surface area contributed by atoms with Crippen LogP contribution in [-0.2, 0) is 10.3 Å². The van der Waals surface area contributed by atoms with E-state index in [1.807, 2.05) is 47.2 Å². The first-order chi connectivity index (χ1) is 16.0. The molecular weight excluding hydrogens is 414 g/mol. The minimum atomic E-state index is -0.114. The van der Waals surface area contributed by atoms with Gasteiger partial charge in [-0.25, -0.2) is 0 Å². The third kappa shape index (κ3) is 2.73. The second-order valence-electron chi connectivity index (χ2n) is 10.0. The standard InChI is InChI=1S/C27H25N3O3/c1-29-25(32)21-6-5-17(14-22(21)27(29)9-10-27)20-4-2-3-18-13-19(15-28-23(18)20)24(31)30-11-12-33-26(16-30)7-8-26/h2-6,13-15H,7-12,16H2,1H3. The van der Waals surface area contributed by atoms with Crippen LogP contribution < -0.4 is 0 Å². The summed E-state index contributed by atoms with van der Waals surface area (Å²) in [4.78, 5) is 34.4. The molecule has 3 heterocycles. The quantitative estimate of drug-likeness (QED) is 0.606. The van der Waals surface area contributed by atoms with Crippen LogP contribution in [0.1, 0.15) is 52.0 Å². The summed E-state index contributed by atoms with van der Waals surface area (Å²) in [5.74, 6) is 0.142. The number of hydrogen-bond acceptors (Lipinski definition) is 4. The van der Waals surface area contributed by atoms with E-state index in [1.54, 1.807) is 6.20 Å². The monoisotopic (exact) mass is 439 g/mol. The fraction of sp³-hybridized carbons (Fsp3) is 0.370. The molecule has 33 heavy (non-hydrogen) atoms. The number of morpholine rings is 1. The van der Waals surface area contributed by atoms with E-state index in [9.17, 15) is 9.59 Å². The molecule has 0 bridgehead atoms. The van der Waals surface area contributed by atoms with Gasteiger partial charge in [0.1, 0.15) is 0 Å². The second kappa shape index (κ2) is 6.41. The van der Waals surface area contributed by atoms with Crippen molar-refractivity contribution in [2.45, 2.75) is 36.8 Å². The Labute approximate surface area is 192 Å². The number of benzene rings is 2. The zero-order valence-electron chi connectivity index (χ0n) is 18.6. The lowest BCUT2D eigenvalue weighted by Gasteiger charge is -2.33. The summed E-state index contributed by atoms with van der Waals surface area (Å²) >= 11 is 0. The number of fused-ring (bicyclic) bond motifs is 3. The molecule has 2 aromatic carbocycles. The minimum Gasteiger partial charge on any atom is -0.371 e.